The van der Waals surface area contributed by atoms with Gasteiger partial charge in [-0.15, -0.1) is 0 Å². The molecule has 100 valence electrons. The zero-order chi connectivity index (χ0) is 13.4. The van der Waals surface area contributed by atoms with Crippen molar-refractivity contribution in [2.24, 2.45) is 5.10 Å². The largest absolute Gasteiger partial charge is 0.490 e. The zero-order valence-electron chi connectivity index (χ0n) is 10.1. The summed E-state index contributed by atoms with van der Waals surface area (Å²) in [7, 11) is 0. The van der Waals surface area contributed by atoms with Gasteiger partial charge in [0.25, 0.3) is 0 Å². The van der Waals surface area contributed by atoms with E-state index in [9.17, 15) is 0 Å². The molecule has 1 aromatic carbocycles. The highest BCUT2D eigenvalue weighted by Crippen LogP contribution is 2.33. The first kappa shape index (κ1) is 15.1. The SMILES string of the molecule is CCCOc1c(Cl)cc(C=NNCCO)cc1Cl. The van der Waals surface area contributed by atoms with Crippen LogP contribution in [-0.2, 0) is 0 Å². The van der Waals surface area contributed by atoms with Crippen molar-refractivity contribution in [3.63, 3.8) is 0 Å². The summed E-state index contributed by atoms with van der Waals surface area (Å²) in [6, 6.07) is 3.45. The number of aliphatic hydroxyl groups is 1. The Kier molecular flexibility index (Phi) is 6.86. The molecule has 0 aliphatic carbocycles. The summed E-state index contributed by atoms with van der Waals surface area (Å²) in [5, 5.41) is 13.4. The van der Waals surface area contributed by atoms with E-state index in [1.165, 1.54) is 0 Å². The third-order valence-corrected chi connectivity index (χ3v) is 2.56. The van der Waals surface area contributed by atoms with E-state index in [1.807, 2.05) is 6.92 Å². The normalized spacial score (nSPS) is 10.9. The number of hydrazone groups is 1. The fourth-order valence-electron chi connectivity index (χ4n) is 1.23. The van der Waals surface area contributed by atoms with E-state index in [-0.39, 0.29) is 6.61 Å². The molecule has 1 aromatic rings. The van der Waals surface area contributed by atoms with Crippen LogP contribution in [0.3, 0.4) is 0 Å². The smallest absolute Gasteiger partial charge is 0.156 e. The van der Waals surface area contributed by atoms with Gasteiger partial charge in [0.1, 0.15) is 0 Å². The summed E-state index contributed by atoms with van der Waals surface area (Å²) >= 11 is 12.2. The molecule has 0 amide bonds. The van der Waals surface area contributed by atoms with Gasteiger partial charge >= 0.3 is 0 Å². The monoisotopic (exact) mass is 290 g/mol. The maximum atomic E-state index is 8.58. The average molecular weight is 291 g/mol. The highest BCUT2D eigenvalue weighted by Gasteiger charge is 2.08. The van der Waals surface area contributed by atoms with Crippen molar-refractivity contribution in [3.05, 3.63) is 27.7 Å². The second-order valence-corrected chi connectivity index (χ2v) is 4.37. The first-order valence-electron chi connectivity index (χ1n) is 5.67. The molecule has 0 atom stereocenters. The van der Waals surface area contributed by atoms with Crippen LogP contribution in [0.25, 0.3) is 0 Å². The highest BCUT2D eigenvalue weighted by molar-refractivity contribution is 6.37. The number of nitrogens with zero attached hydrogens (tertiary/aromatic N) is 1. The van der Waals surface area contributed by atoms with Gasteiger partial charge in [-0.05, 0) is 24.1 Å². The molecule has 0 saturated heterocycles. The van der Waals surface area contributed by atoms with Gasteiger partial charge in [0.2, 0.25) is 0 Å². The van der Waals surface area contributed by atoms with Crippen LogP contribution in [0, 0.1) is 0 Å². The fourth-order valence-corrected chi connectivity index (χ4v) is 1.84. The molecule has 4 nitrogen and oxygen atoms in total. The van der Waals surface area contributed by atoms with Gasteiger partial charge in [-0.2, -0.15) is 5.10 Å². The van der Waals surface area contributed by atoms with Crippen LogP contribution < -0.4 is 10.2 Å². The van der Waals surface area contributed by atoms with Crippen molar-refractivity contribution < 1.29 is 9.84 Å². The Morgan fingerprint density at radius 2 is 2.06 bits per heavy atom. The molecule has 0 unspecified atom stereocenters. The molecule has 0 heterocycles. The third-order valence-electron chi connectivity index (χ3n) is 2.00. The second kappa shape index (κ2) is 8.19. The van der Waals surface area contributed by atoms with Crippen LogP contribution >= 0.6 is 23.2 Å². The van der Waals surface area contributed by atoms with Crippen molar-refractivity contribution >= 4 is 29.4 Å². The van der Waals surface area contributed by atoms with Crippen LogP contribution in [0.1, 0.15) is 18.9 Å². The third kappa shape index (κ3) is 4.72. The first-order chi connectivity index (χ1) is 8.69. The number of benzene rings is 1. The molecule has 2 N–H and O–H groups in total. The summed E-state index contributed by atoms with van der Waals surface area (Å²) in [6.07, 6.45) is 2.47. The van der Waals surface area contributed by atoms with Gasteiger partial charge in [0, 0.05) is 0 Å². The number of hydrogen-bond acceptors (Lipinski definition) is 4. The number of nitrogens with one attached hydrogen (secondary N) is 1. The van der Waals surface area contributed by atoms with E-state index in [1.54, 1.807) is 18.3 Å². The van der Waals surface area contributed by atoms with E-state index in [4.69, 9.17) is 33.0 Å². The van der Waals surface area contributed by atoms with Gasteiger partial charge in [-0.3, -0.25) is 0 Å². The minimum atomic E-state index is 0.0304. The van der Waals surface area contributed by atoms with Gasteiger partial charge < -0.3 is 15.3 Å². The maximum absolute atomic E-state index is 8.58. The Bertz CT molecular complexity index is 388. The summed E-state index contributed by atoms with van der Waals surface area (Å²) in [6.45, 7) is 3.01. The second-order valence-electron chi connectivity index (χ2n) is 3.55. The van der Waals surface area contributed by atoms with Crippen molar-refractivity contribution in [2.75, 3.05) is 19.8 Å². The van der Waals surface area contributed by atoms with Crippen LogP contribution in [-0.4, -0.2) is 31.1 Å². The predicted molar refractivity (Wildman–Crippen MR) is 74.9 cm³/mol. The lowest BCUT2D eigenvalue weighted by Gasteiger charge is -2.09. The standard InChI is InChI=1S/C12H16Cl2N2O2/c1-2-5-18-12-10(13)6-9(7-11(12)14)8-16-15-3-4-17/h6-8,15,17H,2-5H2,1H3. The molecular formula is C12H16Cl2N2O2. The van der Waals surface area contributed by atoms with Gasteiger partial charge in [-0.1, -0.05) is 30.1 Å². The van der Waals surface area contributed by atoms with E-state index in [0.29, 0.717) is 28.9 Å². The predicted octanol–water partition coefficient (Wildman–Crippen LogP) is 2.70. The fraction of sp³-hybridized carbons (Fsp3) is 0.417. The Morgan fingerprint density at radius 3 is 2.61 bits per heavy atom. The van der Waals surface area contributed by atoms with Crippen molar-refractivity contribution in [1.82, 2.24) is 5.43 Å². The topological polar surface area (TPSA) is 53.8 Å². The minimum Gasteiger partial charge on any atom is -0.490 e. The molecule has 6 heteroatoms. The maximum Gasteiger partial charge on any atom is 0.156 e. The van der Waals surface area contributed by atoms with Crippen LogP contribution in [0.5, 0.6) is 5.75 Å². The van der Waals surface area contributed by atoms with Crippen LogP contribution in [0.2, 0.25) is 10.0 Å². The summed E-state index contributed by atoms with van der Waals surface area (Å²) < 4.78 is 5.46. The van der Waals surface area contributed by atoms with E-state index in [0.717, 1.165) is 12.0 Å². The highest BCUT2D eigenvalue weighted by atomic mass is 35.5. The molecule has 0 fully saturated rings. The molecule has 18 heavy (non-hydrogen) atoms. The van der Waals surface area contributed by atoms with E-state index >= 15 is 0 Å². The lowest BCUT2D eigenvalue weighted by atomic mass is 10.2. The summed E-state index contributed by atoms with van der Waals surface area (Å²) in [4.78, 5) is 0. The molecule has 0 aliphatic rings. The quantitative estimate of drug-likeness (QED) is 0.461. The summed E-state index contributed by atoms with van der Waals surface area (Å²) in [5.41, 5.74) is 3.44. The number of ether oxygens (including phenoxy) is 1. The Labute approximate surface area is 117 Å². The number of halogens is 2. The number of hydrogen-bond donors (Lipinski definition) is 2. The summed E-state index contributed by atoms with van der Waals surface area (Å²) in [5.74, 6) is 0.501. The van der Waals surface area contributed by atoms with Gasteiger partial charge in [0.05, 0.1) is 36.0 Å². The minimum absolute atomic E-state index is 0.0304. The number of rotatable bonds is 7. The zero-order valence-corrected chi connectivity index (χ0v) is 11.6. The molecule has 0 spiro atoms. The van der Waals surface area contributed by atoms with Crippen LogP contribution in [0.15, 0.2) is 17.2 Å². The van der Waals surface area contributed by atoms with Gasteiger partial charge in [-0.25, -0.2) is 0 Å². The molecule has 0 saturated carbocycles. The van der Waals surface area contributed by atoms with Crippen molar-refractivity contribution in [3.8, 4) is 5.75 Å². The molecule has 0 aliphatic heterocycles. The molecule has 0 bridgehead atoms. The molecule has 1 rings (SSSR count). The van der Waals surface area contributed by atoms with Crippen molar-refractivity contribution in [2.45, 2.75) is 13.3 Å². The average Bonchev–Trinajstić information content (AvgIpc) is 2.34. The Morgan fingerprint density at radius 1 is 1.39 bits per heavy atom. The Hall–Kier alpha value is -0.970. The lowest BCUT2D eigenvalue weighted by molar-refractivity contribution is 0.294. The number of aliphatic hydroxyl groups excluding tert-OH is 1. The molecular weight excluding hydrogens is 275 g/mol. The molecule has 0 aromatic heterocycles. The first-order valence-corrected chi connectivity index (χ1v) is 6.43. The Balaban J connectivity index is 2.75. The molecule has 0 radical (unpaired) electrons. The van der Waals surface area contributed by atoms with E-state index < -0.39 is 0 Å². The van der Waals surface area contributed by atoms with Crippen LogP contribution in [0.4, 0.5) is 0 Å². The van der Waals surface area contributed by atoms with E-state index in [2.05, 4.69) is 10.5 Å². The van der Waals surface area contributed by atoms with Crippen molar-refractivity contribution in [1.29, 1.82) is 0 Å². The lowest BCUT2D eigenvalue weighted by Crippen LogP contribution is -2.11. The van der Waals surface area contributed by atoms with Gasteiger partial charge in [0.15, 0.2) is 5.75 Å².